The molecule has 3 rings (SSSR count). The average molecular weight is 346 g/mol. The van der Waals surface area contributed by atoms with Crippen molar-refractivity contribution in [2.45, 2.75) is 64.0 Å². The molecule has 1 aromatic carbocycles. The summed E-state index contributed by atoms with van der Waals surface area (Å²) in [5.74, 6) is 0.962. The van der Waals surface area contributed by atoms with Gasteiger partial charge in [-0.05, 0) is 38.3 Å². The number of carbonyl (C=O) groups is 1. The van der Waals surface area contributed by atoms with Crippen LogP contribution >= 0.6 is 0 Å². The molecule has 1 saturated carbocycles. The second kappa shape index (κ2) is 8.68. The number of carbonyl (C=O) groups excluding carboxylic acids is 1. The fourth-order valence-electron chi connectivity index (χ4n) is 3.90. The van der Waals surface area contributed by atoms with Crippen LogP contribution in [0.15, 0.2) is 18.2 Å². The molecule has 0 bridgehead atoms. The van der Waals surface area contributed by atoms with Gasteiger partial charge >= 0.3 is 0 Å². The molecule has 1 heterocycles. The molecule has 1 fully saturated rings. The van der Waals surface area contributed by atoms with Gasteiger partial charge < -0.3 is 20.1 Å². The van der Waals surface area contributed by atoms with E-state index in [1.807, 2.05) is 30.0 Å². The van der Waals surface area contributed by atoms with Gasteiger partial charge in [0.25, 0.3) is 0 Å². The minimum Gasteiger partial charge on any atom is -0.490 e. The normalized spacial score (nSPS) is 19.6. The highest BCUT2D eigenvalue weighted by Gasteiger charge is 2.25. The fourth-order valence-corrected chi connectivity index (χ4v) is 3.90. The molecule has 138 valence electrons. The minimum absolute atomic E-state index is 0.170. The van der Waals surface area contributed by atoms with Crippen LogP contribution in [0.5, 0.6) is 5.75 Å². The largest absolute Gasteiger partial charge is 0.490 e. The van der Waals surface area contributed by atoms with E-state index < -0.39 is 6.10 Å². The van der Waals surface area contributed by atoms with E-state index in [0.717, 1.165) is 17.0 Å². The van der Waals surface area contributed by atoms with Gasteiger partial charge in [0, 0.05) is 31.1 Å². The topological polar surface area (TPSA) is 61.8 Å². The molecule has 1 aromatic rings. The summed E-state index contributed by atoms with van der Waals surface area (Å²) in [6.45, 7) is 3.50. The van der Waals surface area contributed by atoms with Crippen molar-refractivity contribution in [3.63, 3.8) is 0 Å². The second-order valence-electron chi connectivity index (χ2n) is 7.10. The molecule has 0 saturated heterocycles. The van der Waals surface area contributed by atoms with Gasteiger partial charge in [-0.2, -0.15) is 0 Å². The Morgan fingerprint density at radius 1 is 1.28 bits per heavy atom. The van der Waals surface area contributed by atoms with Gasteiger partial charge in [-0.1, -0.05) is 25.3 Å². The smallest absolute Gasteiger partial charge is 0.227 e. The SMILES string of the molecule is CCN1C(=O)CCc2c(OCC(O)CNC3CCCCC3)cccc21. The van der Waals surface area contributed by atoms with Gasteiger partial charge in [-0.25, -0.2) is 0 Å². The number of aliphatic hydroxyl groups is 1. The first-order valence-corrected chi connectivity index (χ1v) is 9.65. The zero-order valence-electron chi connectivity index (χ0n) is 15.2. The first kappa shape index (κ1) is 18.2. The predicted molar refractivity (Wildman–Crippen MR) is 99.2 cm³/mol. The Balaban J connectivity index is 1.54. The van der Waals surface area contributed by atoms with Gasteiger partial charge in [0.1, 0.15) is 18.5 Å². The molecule has 0 aromatic heterocycles. The maximum absolute atomic E-state index is 12.0. The van der Waals surface area contributed by atoms with E-state index in [0.29, 0.717) is 32.0 Å². The lowest BCUT2D eigenvalue weighted by atomic mass is 9.95. The van der Waals surface area contributed by atoms with E-state index in [2.05, 4.69) is 5.32 Å². The van der Waals surface area contributed by atoms with Crippen LogP contribution in [-0.2, 0) is 11.2 Å². The highest BCUT2D eigenvalue weighted by molar-refractivity contribution is 5.96. The van der Waals surface area contributed by atoms with E-state index in [1.54, 1.807) is 0 Å². The predicted octanol–water partition coefficient (Wildman–Crippen LogP) is 2.65. The van der Waals surface area contributed by atoms with Crippen molar-refractivity contribution in [2.75, 3.05) is 24.6 Å². The molecule has 1 unspecified atom stereocenters. The summed E-state index contributed by atoms with van der Waals surface area (Å²) < 4.78 is 5.91. The van der Waals surface area contributed by atoms with Gasteiger partial charge in [-0.3, -0.25) is 4.79 Å². The highest BCUT2D eigenvalue weighted by atomic mass is 16.5. The molecule has 1 aliphatic carbocycles. The lowest BCUT2D eigenvalue weighted by Gasteiger charge is -2.30. The van der Waals surface area contributed by atoms with Crippen molar-refractivity contribution in [1.29, 1.82) is 0 Å². The first-order chi connectivity index (χ1) is 12.2. The average Bonchev–Trinajstić information content (AvgIpc) is 2.65. The quantitative estimate of drug-likeness (QED) is 0.797. The molecule has 2 N–H and O–H groups in total. The number of rotatable bonds is 7. The lowest BCUT2D eigenvalue weighted by Crippen LogP contribution is -2.39. The van der Waals surface area contributed by atoms with Crippen molar-refractivity contribution in [3.05, 3.63) is 23.8 Å². The van der Waals surface area contributed by atoms with Crippen molar-refractivity contribution >= 4 is 11.6 Å². The summed E-state index contributed by atoms with van der Waals surface area (Å²) in [5, 5.41) is 13.7. The van der Waals surface area contributed by atoms with Crippen molar-refractivity contribution in [1.82, 2.24) is 5.32 Å². The second-order valence-corrected chi connectivity index (χ2v) is 7.10. The van der Waals surface area contributed by atoms with E-state index in [1.165, 1.54) is 32.1 Å². The molecule has 2 aliphatic rings. The molecule has 0 radical (unpaired) electrons. The van der Waals surface area contributed by atoms with Crippen LogP contribution in [-0.4, -0.2) is 42.9 Å². The Kier molecular flexibility index (Phi) is 6.32. The maximum atomic E-state index is 12.0. The van der Waals surface area contributed by atoms with E-state index in [4.69, 9.17) is 4.74 Å². The van der Waals surface area contributed by atoms with Crippen LogP contribution < -0.4 is 15.0 Å². The number of anilines is 1. The van der Waals surface area contributed by atoms with Crippen LogP contribution in [0.1, 0.15) is 51.0 Å². The Labute approximate surface area is 150 Å². The lowest BCUT2D eigenvalue weighted by molar-refractivity contribution is -0.118. The molecule has 5 nitrogen and oxygen atoms in total. The van der Waals surface area contributed by atoms with E-state index in [9.17, 15) is 9.90 Å². The van der Waals surface area contributed by atoms with Crippen molar-refractivity contribution in [3.8, 4) is 5.75 Å². The summed E-state index contributed by atoms with van der Waals surface area (Å²) >= 11 is 0. The summed E-state index contributed by atoms with van der Waals surface area (Å²) in [4.78, 5) is 13.9. The number of hydrogen-bond donors (Lipinski definition) is 2. The molecule has 1 atom stereocenters. The Morgan fingerprint density at radius 3 is 2.84 bits per heavy atom. The number of nitrogens with one attached hydrogen (secondary N) is 1. The molecule has 0 spiro atoms. The van der Waals surface area contributed by atoms with Crippen molar-refractivity contribution in [2.24, 2.45) is 0 Å². The number of nitrogens with zero attached hydrogens (tertiary/aromatic N) is 1. The monoisotopic (exact) mass is 346 g/mol. The first-order valence-electron chi connectivity index (χ1n) is 9.65. The number of amides is 1. The standard InChI is InChI=1S/C20H30N2O3/c1-2-22-18-9-6-10-19(17(18)11-12-20(22)24)25-14-16(23)13-21-15-7-4-3-5-8-15/h6,9-10,15-16,21,23H,2-5,7-8,11-14H2,1H3. The van der Waals surface area contributed by atoms with Crippen molar-refractivity contribution < 1.29 is 14.6 Å². The number of aliphatic hydroxyl groups excluding tert-OH is 1. The summed E-state index contributed by atoms with van der Waals surface area (Å²) in [6.07, 6.45) is 7.02. The van der Waals surface area contributed by atoms with Gasteiger partial charge in [0.2, 0.25) is 5.91 Å². The highest BCUT2D eigenvalue weighted by Crippen LogP contribution is 2.34. The van der Waals surface area contributed by atoms with Crippen LogP contribution in [0.2, 0.25) is 0 Å². The third-order valence-corrected chi connectivity index (χ3v) is 5.28. The molecule has 1 aliphatic heterocycles. The summed E-state index contributed by atoms with van der Waals surface area (Å²) in [6, 6.07) is 6.37. The number of hydrogen-bond acceptors (Lipinski definition) is 4. The number of benzene rings is 1. The minimum atomic E-state index is -0.523. The van der Waals surface area contributed by atoms with Gasteiger partial charge in [0.05, 0.1) is 5.69 Å². The molecule has 25 heavy (non-hydrogen) atoms. The molecule has 5 heteroatoms. The van der Waals surface area contributed by atoms with Crippen LogP contribution in [0.4, 0.5) is 5.69 Å². The number of fused-ring (bicyclic) bond motifs is 1. The van der Waals surface area contributed by atoms with Gasteiger partial charge in [-0.15, -0.1) is 0 Å². The summed E-state index contributed by atoms with van der Waals surface area (Å²) in [5.41, 5.74) is 2.03. The Hall–Kier alpha value is -1.59. The number of ether oxygens (including phenoxy) is 1. The van der Waals surface area contributed by atoms with Crippen LogP contribution in [0, 0.1) is 0 Å². The zero-order chi connectivity index (χ0) is 17.6. The van der Waals surface area contributed by atoms with E-state index in [-0.39, 0.29) is 12.5 Å². The molecular formula is C20H30N2O3. The zero-order valence-corrected chi connectivity index (χ0v) is 15.2. The maximum Gasteiger partial charge on any atom is 0.227 e. The molecular weight excluding hydrogens is 316 g/mol. The third kappa shape index (κ3) is 4.53. The molecule has 1 amide bonds. The summed E-state index contributed by atoms with van der Waals surface area (Å²) in [7, 11) is 0. The Bertz CT molecular complexity index is 584. The van der Waals surface area contributed by atoms with E-state index >= 15 is 0 Å². The van der Waals surface area contributed by atoms with Crippen LogP contribution in [0.25, 0.3) is 0 Å². The van der Waals surface area contributed by atoms with Gasteiger partial charge in [0.15, 0.2) is 0 Å². The van der Waals surface area contributed by atoms with Crippen LogP contribution in [0.3, 0.4) is 0 Å². The fraction of sp³-hybridized carbons (Fsp3) is 0.650. The third-order valence-electron chi connectivity index (χ3n) is 5.28. The Morgan fingerprint density at radius 2 is 2.08 bits per heavy atom.